The van der Waals surface area contributed by atoms with E-state index in [2.05, 4.69) is 10.1 Å². The molecular formula is C15H13F2NO3. The van der Waals surface area contributed by atoms with Crippen LogP contribution in [0.2, 0.25) is 0 Å². The molecule has 1 amide bonds. The third kappa shape index (κ3) is 4.76. The van der Waals surface area contributed by atoms with Crippen molar-refractivity contribution in [1.82, 2.24) is 5.32 Å². The number of halogens is 2. The van der Waals surface area contributed by atoms with Crippen LogP contribution >= 0.6 is 0 Å². The second-order valence-electron chi connectivity index (χ2n) is 4.05. The fraction of sp³-hybridized carbons (Fsp3) is 0.133. The van der Waals surface area contributed by atoms with Gasteiger partial charge in [0, 0.05) is 18.2 Å². The standard InChI is InChI=1S/C15H13F2NO3/c16-15(17)21-13-6-2-1-4-11(13)10-18-14(19)8-7-12-5-3-9-20-12/h1-9,15H,10H2,(H,18,19)/b8-7+. The number of rotatable bonds is 6. The molecule has 0 unspecified atom stereocenters. The minimum absolute atomic E-state index is 0.0443. The van der Waals surface area contributed by atoms with E-state index in [1.54, 1.807) is 30.3 Å². The van der Waals surface area contributed by atoms with E-state index in [9.17, 15) is 13.6 Å². The Balaban J connectivity index is 1.92. The van der Waals surface area contributed by atoms with Crippen molar-refractivity contribution in [2.45, 2.75) is 13.2 Å². The number of hydrogen-bond acceptors (Lipinski definition) is 3. The quantitative estimate of drug-likeness (QED) is 0.832. The maximum atomic E-state index is 12.2. The van der Waals surface area contributed by atoms with Crippen LogP contribution in [0.1, 0.15) is 11.3 Å². The van der Waals surface area contributed by atoms with Crippen molar-refractivity contribution in [2.75, 3.05) is 0 Å². The number of carbonyl (C=O) groups excluding carboxylic acids is 1. The maximum absolute atomic E-state index is 12.2. The van der Waals surface area contributed by atoms with Gasteiger partial charge in [0.1, 0.15) is 11.5 Å². The third-order valence-corrected chi connectivity index (χ3v) is 2.58. The zero-order valence-corrected chi connectivity index (χ0v) is 11.0. The van der Waals surface area contributed by atoms with E-state index in [0.717, 1.165) is 0 Å². The molecule has 0 aliphatic rings. The number of furan rings is 1. The minimum atomic E-state index is -2.90. The molecule has 2 rings (SSSR count). The van der Waals surface area contributed by atoms with Gasteiger partial charge >= 0.3 is 6.61 Å². The summed E-state index contributed by atoms with van der Waals surface area (Å²) < 4.78 is 33.9. The van der Waals surface area contributed by atoms with Crippen LogP contribution in [0.3, 0.4) is 0 Å². The lowest BCUT2D eigenvalue weighted by Gasteiger charge is -2.10. The van der Waals surface area contributed by atoms with Crippen LogP contribution in [0.4, 0.5) is 8.78 Å². The van der Waals surface area contributed by atoms with Gasteiger partial charge in [-0.25, -0.2) is 0 Å². The molecule has 4 nitrogen and oxygen atoms in total. The molecule has 0 atom stereocenters. The molecule has 0 saturated carbocycles. The van der Waals surface area contributed by atoms with Crippen LogP contribution in [0, 0.1) is 0 Å². The highest BCUT2D eigenvalue weighted by molar-refractivity contribution is 5.91. The third-order valence-electron chi connectivity index (χ3n) is 2.58. The summed E-state index contributed by atoms with van der Waals surface area (Å²) in [5.74, 6) is 0.229. The van der Waals surface area contributed by atoms with Crippen LogP contribution in [-0.4, -0.2) is 12.5 Å². The summed E-state index contributed by atoms with van der Waals surface area (Å²) in [5.41, 5.74) is 0.470. The maximum Gasteiger partial charge on any atom is 0.387 e. The highest BCUT2D eigenvalue weighted by atomic mass is 19.3. The largest absolute Gasteiger partial charge is 0.465 e. The zero-order valence-electron chi connectivity index (χ0n) is 11.0. The number of carbonyl (C=O) groups is 1. The smallest absolute Gasteiger partial charge is 0.387 e. The SMILES string of the molecule is O=C(/C=C/c1ccco1)NCc1ccccc1OC(F)F. The van der Waals surface area contributed by atoms with Crippen molar-refractivity contribution >= 4 is 12.0 Å². The van der Waals surface area contributed by atoms with Gasteiger partial charge in [0.15, 0.2) is 0 Å². The van der Waals surface area contributed by atoms with Gasteiger partial charge in [-0.15, -0.1) is 0 Å². The number of benzene rings is 1. The van der Waals surface area contributed by atoms with Gasteiger partial charge in [-0.1, -0.05) is 18.2 Å². The van der Waals surface area contributed by atoms with Crippen LogP contribution in [-0.2, 0) is 11.3 Å². The average molecular weight is 293 g/mol. The zero-order chi connectivity index (χ0) is 15.1. The molecule has 6 heteroatoms. The lowest BCUT2D eigenvalue weighted by atomic mass is 10.2. The summed E-state index contributed by atoms with van der Waals surface area (Å²) in [7, 11) is 0. The molecular weight excluding hydrogens is 280 g/mol. The molecule has 1 N–H and O–H groups in total. The first-order valence-corrected chi connectivity index (χ1v) is 6.17. The lowest BCUT2D eigenvalue weighted by Crippen LogP contribution is -2.21. The molecule has 0 aliphatic carbocycles. The van der Waals surface area contributed by atoms with Crippen molar-refractivity contribution < 1.29 is 22.7 Å². The normalized spacial score (nSPS) is 11.0. The molecule has 1 heterocycles. The van der Waals surface area contributed by atoms with Gasteiger partial charge in [0.2, 0.25) is 5.91 Å². The second-order valence-corrected chi connectivity index (χ2v) is 4.05. The number of para-hydroxylation sites is 1. The van der Waals surface area contributed by atoms with Gasteiger partial charge in [0.25, 0.3) is 0 Å². The van der Waals surface area contributed by atoms with Crippen molar-refractivity contribution in [3.05, 3.63) is 60.1 Å². The van der Waals surface area contributed by atoms with E-state index in [1.165, 1.54) is 24.5 Å². The molecule has 0 saturated heterocycles. The molecule has 0 aliphatic heterocycles. The van der Waals surface area contributed by atoms with Crippen molar-refractivity contribution in [2.24, 2.45) is 0 Å². The van der Waals surface area contributed by atoms with Crippen molar-refractivity contribution in [1.29, 1.82) is 0 Å². The van der Waals surface area contributed by atoms with E-state index < -0.39 is 6.61 Å². The highest BCUT2D eigenvalue weighted by Crippen LogP contribution is 2.19. The lowest BCUT2D eigenvalue weighted by molar-refractivity contribution is -0.116. The van der Waals surface area contributed by atoms with Crippen molar-refractivity contribution in [3.63, 3.8) is 0 Å². The Hall–Kier alpha value is -2.63. The first-order valence-electron chi connectivity index (χ1n) is 6.17. The molecule has 110 valence electrons. The Labute approximate surface area is 120 Å². The molecule has 21 heavy (non-hydrogen) atoms. The summed E-state index contributed by atoms with van der Waals surface area (Å²) in [5, 5.41) is 2.58. The summed E-state index contributed by atoms with van der Waals surface area (Å²) in [6.07, 6.45) is 4.31. The Bertz CT molecular complexity index is 609. The predicted octanol–water partition coefficient (Wildman–Crippen LogP) is 3.21. The van der Waals surface area contributed by atoms with E-state index >= 15 is 0 Å². The molecule has 2 aromatic rings. The number of ether oxygens (including phenoxy) is 1. The first kappa shape index (κ1) is 14.8. The number of nitrogens with one attached hydrogen (secondary N) is 1. The monoisotopic (exact) mass is 293 g/mol. The van der Waals surface area contributed by atoms with Gasteiger partial charge in [0.05, 0.1) is 6.26 Å². The van der Waals surface area contributed by atoms with E-state index in [0.29, 0.717) is 11.3 Å². The Morgan fingerprint density at radius 1 is 1.29 bits per heavy atom. The molecule has 1 aromatic carbocycles. The Morgan fingerprint density at radius 2 is 2.10 bits per heavy atom. The van der Waals surface area contributed by atoms with Crippen LogP contribution in [0.5, 0.6) is 5.75 Å². The number of amides is 1. The highest BCUT2D eigenvalue weighted by Gasteiger charge is 2.09. The van der Waals surface area contributed by atoms with Gasteiger partial charge in [-0.2, -0.15) is 8.78 Å². The first-order chi connectivity index (χ1) is 10.1. The predicted molar refractivity (Wildman–Crippen MR) is 72.7 cm³/mol. The summed E-state index contributed by atoms with van der Waals surface area (Å²) in [6, 6.07) is 9.70. The van der Waals surface area contributed by atoms with Gasteiger partial charge in [-0.05, 0) is 24.3 Å². The summed E-state index contributed by atoms with van der Waals surface area (Å²) in [4.78, 5) is 11.6. The Morgan fingerprint density at radius 3 is 2.81 bits per heavy atom. The minimum Gasteiger partial charge on any atom is -0.465 e. The fourth-order valence-corrected chi connectivity index (χ4v) is 1.65. The van der Waals surface area contributed by atoms with Gasteiger partial charge < -0.3 is 14.5 Å². The molecule has 1 aromatic heterocycles. The molecule has 0 fully saturated rings. The van der Waals surface area contributed by atoms with E-state index in [-0.39, 0.29) is 18.2 Å². The summed E-state index contributed by atoms with van der Waals surface area (Å²) >= 11 is 0. The van der Waals surface area contributed by atoms with Crippen molar-refractivity contribution in [3.8, 4) is 5.75 Å². The van der Waals surface area contributed by atoms with Crippen LogP contribution in [0.25, 0.3) is 6.08 Å². The Kier molecular flexibility index (Phi) is 5.09. The molecule has 0 spiro atoms. The number of hydrogen-bond donors (Lipinski definition) is 1. The molecule has 0 bridgehead atoms. The van der Waals surface area contributed by atoms with E-state index in [4.69, 9.17) is 4.42 Å². The fourth-order valence-electron chi connectivity index (χ4n) is 1.65. The van der Waals surface area contributed by atoms with Gasteiger partial charge in [-0.3, -0.25) is 4.79 Å². The topological polar surface area (TPSA) is 51.5 Å². The summed E-state index contributed by atoms with van der Waals surface area (Å²) in [6.45, 7) is -2.81. The molecule has 0 radical (unpaired) electrons. The second kappa shape index (κ2) is 7.23. The average Bonchev–Trinajstić information content (AvgIpc) is 2.97. The van der Waals surface area contributed by atoms with Crippen LogP contribution in [0.15, 0.2) is 53.2 Å². The number of alkyl halides is 2. The van der Waals surface area contributed by atoms with Crippen LogP contribution < -0.4 is 10.1 Å². The van der Waals surface area contributed by atoms with E-state index in [1.807, 2.05) is 0 Å².